The molecule has 0 radical (unpaired) electrons. The number of hydrogen-bond donors (Lipinski definition) is 3. The fourth-order valence-electron chi connectivity index (χ4n) is 1.92. The van der Waals surface area contributed by atoms with Gasteiger partial charge in [-0.3, -0.25) is 0 Å². The van der Waals surface area contributed by atoms with E-state index in [9.17, 15) is 13.2 Å². The van der Waals surface area contributed by atoms with Gasteiger partial charge in [-0.1, -0.05) is 0 Å². The predicted octanol–water partition coefficient (Wildman–Crippen LogP) is -0.258. The Morgan fingerprint density at radius 3 is 2.14 bits per heavy atom. The van der Waals surface area contributed by atoms with E-state index in [-0.39, 0.29) is 29.7 Å². The summed E-state index contributed by atoms with van der Waals surface area (Å²) in [6.07, 6.45) is 1.26. The minimum atomic E-state index is -3.96. The molecule has 8 nitrogen and oxygen atoms in total. The molecule has 1 heterocycles. The van der Waals surface area contributed by atoms with Crippen molar-refractivity contribution in [1.29, 1.82) is 0 Å². The molecule has 1 aromatic heterocycles. The third-order valence-corrected chi connectivity index (χ3v) is 4.80. The molecule has 0 aliphatic heterocycles. The van der Waals surface area contributed by atoms with Crippen LogP contribution < -0.4 is 0 Å². The Kier molecular flexibility index (Phi) is 5.90. The number of aromatic nitrogens is 1. The van der Waals surface area contributed by atoms with Crippen molar-refractivity contribution in [3.8, 4) is 0 Å². The first kappa shape index (κ1) is 17.6. The highest BCUT2D eigenvalue weighted by molar-refractivity contribution is 7.89. The Labute approximate surface area is 123 Å². The van der Waals surface area contributed by atoms with Crippen molar-refractivity contribution >= 4 is 16.0 Å². The van der Waals surface area contributed by atoms with E-state index < -0.39 is 29.2 Å². The van der Waals surface area contributed by atoms with Crippen LogP contribution in [0.1, 0.15) is 30.4 Å². The highest BCUT2D eigenvalue weighted by atomic mass is 32.2. The van der Waals surface area contributed by atoms with Crippen LogP contribution in [-0.4, -0.2) is 64.9 Å². The third kappa shape index (κ3) is 3.82. The maximum Gasteiger partial charge on any atom is 0.352 e. The molecule has 9 heteroatoms. The van der Waals surface area contributed by atoms with Crippen molar-refractivity contribution in [2.45, 2.75) is 24.8 Å². The van der Waals surface area contributed by atoms with Gasteiger partial charge in [-0.15, -0.1) is 0 Å². The number of carboxylic acids is 1. The molecule has 3 N–H and O–H groups in total. The van der Waals surface area contributed by atoms with Crippen molar-refractivity contribution in [3.05, 3.63) is 18.0 Å². The van der Waals surface area contributed by atoms with E-state index in [0.29, 0.717) is 0 Å². The maximum atomic E-state index is 12.4. The first-order valence-corrected chi connectivity index (χ1v) is 7.86. The molecule has 0 amide bonds. The van der Waals surface area contributed by atoms with Gasteiger partial charge in [0, 0.05) is 25.3 Å². The Morgan fingerprint density at radius 2 is 1.81 bits per heavy atom. The molecule has 1 rings (SSSR count). The van der Waals surface area contributed by atoms with Gasteiger partial charge in [0.2, 0.25) is 10.0 Å². The van der Waals surface area contributed by atoms with Gasteiger partial charge >= 0.3 is 5.97 Å². The SMILES string of the molecule is CC(C)n1cc(S(=O)(=O)N(CCO)CCO)cc1C(=O)O. The van der Waals surface area contributed by atoms with E-state index in [0.717, 1.165) is 10.4 Å². The third-order valence-electron chi connectivity index (χ3n) is 2.94. The standard InChI is InChI=1S/C12H20N2O6S/c1-9(2)14-8-10(7-11(14)12(17)18)21(19,20)13(3-5-15)4-6-16/h7-9,15-16H,3-6H2,1-2H3,(H,17,18). The van der Waals surface area contributed by atoms with Crippen molar-refractivity contribution in [2.75, 3.05) is 26.3 Å². The molecule has 0 atom stereocenters. The number of carboxylic acid groups (broad SMARTS) is 1. The fraction of sp³-hybridized carbons (Fsp3) is 0.583. The summed E-state index contributed by atoms with van der Waals surface area (Å²) in [5.41, 5.74) is -0.128. The summed E-state index contributed by atoms with van der Waals surface area (Å²) >= 11 is 0. The molecule has 0 aliphatic rings. The molecule has 1 aromatic rings. The molecule has 0 aliphatic carbocycles. The summed E-state index contributed by atoms with van der Waals surface area (Å²) in [7, 11) is -3.96. The van der Waals surface area contributed by atoms with Crippen LogP contribution in [-0.2, 0) is 10.0 Å². The van der Waals surface area contributed by atoms with Crippen molar-refractivity contribution < 1.29 is 28.5 Å². The zero-order valence-electron chi connectivity index (χ0n) is 11.9. The summed E-state index contributed by atoms with van der Waals surface area (Å²) in [6.45, 7) is 2.35. The second kappa shape index (κ2) is 7.03. The Balaban J connectivity index is 3.30. The quantitative estimate of drug-likeness (QED) is 0.607. The van der Waals surface area contributed by atoms with Gasteiger partial charge in [-0.2, -0.15) is 4.31 Å². The number of hydrogen-bond acceptors (Lipinski definition) is 5. The van der Waals surface area contributed by atoms with Crippen molar-refractivity contribution in [1.82, 2.24) is 8.87 Å². The fourth-order valence-corrected chi connectivity index (χ4v) is 3.37. The molecule has 0 bridgehead atoms. The minimum Gasteiger partial charge on any atom is -0.477 e. The van der Waals surface area contributed by atoms with E-state index >= 15 is 0 Å². The van der Waals surface area contributed by atoms with Crippen molar-refractivity contribution in [2.24, 2.45) is 0 Å². The van der Waals surface area contributed by atoms with Crippen LogP contribution in [0.25, 0.3) is 0 Å². The van der Waals surface area contributed by atoms with Gasteiger partial charge < -0.3 is 19.9 Å². The number of nitrogens with zero attached hydrogens (tertiary/aromatic N) is 2. The number of rotatable bonds is 8. The normalized spacial score (nSPS) is 12.3. The summed E-state index contributed by atoms with van der Waals surface area (Å²) in [6, 6.07) is 0.864. The van der Waals surface area contributed by atoms with Crippen LogP contribution in [0, 0.1) is 0 Å². The minimum absolute atomic E-state index is 0.128. The number of aliphatic hydroxyl groups is 2. The molecule has 120 valence electrons. The number of aliphatic hydroxyl groups excluding tert-OH is 2. The van der Waals surface area contributed by atoms with Crippen LogP contribution in [0.15, 0.2) is 17.2 Å². The molecule has 0 saturated heterocycles. The Bertz CT molecular complexity index is 587. The van der Waals surface area contributed by atoms with Crippen LogP contribution in [0.2, 0.25) is 0 Å². The molecule has 21 heavy (non-hydrogen) atoms. The van der Waals surface area contributed by atoms with E-state index in [4.69, 9.17) is 15.3 Å². The monoisotopic (exact) mass is 320 g/mol. The maximum absolute atomic E-state index is 12.4. The van der Waals surface area contributed by atoms with Gasteiger partial charge in [0.1, 0.15) is 10.6 Å². The number of sulfonamides is 1. The van der Waals surface area contributed by atoms with Crippen LogP contribution >= 0.6 is 0 Å². The lowest BCUT2D eigenvalue weighted by Gasteiger charge is -2.19. The molecule has 0 fully saturated rings. The predicted molar refractivity (Wildman–Crippen MR) is 74.7 cm³/mol. The largest absolute Gasteiger partial charge is 0.477 e. The number of aromatic carboxylic acids is 1. The van der Waals surface area contributed by atoms with Crippen LogP contribution in [0.5, 0.6) is 0 Å². The molecule has 0 saturated carbocycles. The summed E-state index contributed by atoms with van der Waals surface area (Å²) < 4.78 is 27.1. The first-order chi connectivity index (χ1) is 9.75. The van der Waals surface area contributed by atoms with Gasteiger partial charge in [0.05, 0.1) is 13.2 Å². The van der Waals surface area contributed by atoms with Gasteiger partial charge in [0.15, 0.2) is 0 Å². The van der Waals surface area contributed by atoms with Crippen LogP contribution in [0.4, 0.5) is 0 Å². The van der Waals surface area contributed by atoms with Gasteiger partial charge in [-0.05, 0) is 19.9 Å². The molecular formula is C12H20N2O6S. The highest BCUT2D eigenvalue weighted by Gasteiger charge is 2.27. The second-order valence-electron chi connectivity index (χ2n) is 4.72. The van der Waals surface area contributed by atoms with Crippen LogP contribution in [0.3, 0.4) is 0 Å². The molecule has 0 aromatic carbocycles. The number of carbonyl (C=O) groups is 1. The summed E-state index contributed by atoms with van der Waals surface area (Å²) in [5, 5.41) is 27.0. The highest BCUT2D eigenvalue weighted by Crippen LogP contribution is 2.22. The van der Waals surface area contributed by atoms with Gasteiger partial charge in [-0.25, -0.2) is 13.2 Å². The zero-order chi connectivity index (χ0) is 16.2. The lowest BCUT2D eigenvalue weighted by Crippen LogP contribution is -2.35. The summed E-state index contributed by atoms with van der Waals surface area (Å²) in [5.74, 6) is -1.22. The van der Waals surface area contributed by atoms with Gasteiger partial charge in [0.25, 0.3) is 0 Å². The van der Waals surface area contributed by atoms with Crippen molar-refractivity contribution in [3.63, 3.8) is 0 Å². The summed E-state index contributed by atoms with van der Waals surface area (Å²) in [4.78, 5) is 11.0. The van der Waals surface area contributed by atoms with E-state index in [1.54, 1.807) is 13.8 Å². The molecular weight excluding hydrogens is 300 g/mol. The average Bonchev–Trinajstić information content (AvgIpc) is 2.84. The smallest absolute Gasteiger partial charge is 0.352 e. The zero-order valence-corrected chi connectivity index (χ0v) is 12.7. The Morgan fingerprint density at radius 1 is 1.29 bits per heavy atom. The molecule has 0 unspecified atom stereocenters. The average molecular weight is 320 g/mol. The molecule has 0 spiro atoms. The first-order valence-electron chi connectivity index (χ1n) is 6.42. The van der Waals surface area contributed by atoms with E-state index in [2.05, 4.69) is 0 Å². The topological polar surface area (TPSA) is 120 Å². The van der Waals surface area contributed by atoms with E-state index in [1.807, 2.05) is 0 Å². The lowest BCUT2D eigenvalue weighted by atomic mass is 10.3. The van der Waals surface area contributed by atoms with E-state index in [1.165, 1.54) is 10.8 Å². The lowest BCUT2D eigenvalue weighted by molar-refractivity contribution is 0.0683. The second-order valence-corrected chi connectivity index (χ2v) is 6.66. The Hall–Kier alpha value is -1.42.